The summed E-state index contributed by atoms with van der Waals surface area (Å²) in [5, 5.41) is 0. The van der Waals surface area contributed by atoms with Crippen molar-refractivity contribution >= 4 is 28.3 Å². The van der Waals surface area contributed by atoms with E-state index in [1.54, 1.807) is 0 Å². The van der Waals surface area contributed by atoms with Gasteiger partial charge in [0.05, 0.1) is 0 Å². The van der Waals surface area contributed by atoms with Gasteiger partial charge in [-0.3, -0.25) is 0 Å². The maximum Gasteiger partial charge on any atom is 0.187 e. The van der Waals surface area contributed by atoms with Gasteiger partial charge in [-0.2, -0.15) is 0 Å². The molecule has 0 aromatic rings. The van der Waals surface area contributed by atoms with Crippen LogP contribution in [0.1, 0.15) is 7.43 Å². The maximum absolute atomic E-state index is 0. The first kappa shape index (κ1) is 50.4. The first-order valence-electron chi connectivity index (χ1n) is 0. The monoisotopic (exact) mass is 258 g/mol. The van der Waals surface area contributed by atoms with E-state index in [0.29, 0.717) is 0 Å². The van der Waals surface area contributed by atoms with Crippen molar-refractivity contribution in [3.8, 4) is 0 Å². The standard InChI is InChI=1S/CH4.Al.H4Si.2Zr.3H/h1H4;;1H4;;;;;. The normalized spacial score (nSPS) is 0. The summed E-state index contributed by atoms with van der Waals surface area (Å²) in [7, 11) is 0. The Labute approximate surface area is 86.9 Å². The molecule has 0 amide bonds. The van der Waals surface area contributed by atoms with E-state index < -0.39 is 0 Å². The van der Waals surface area contributed by atoms with Crippen molar-refractivity contribution in [3.05, 3.63) is 0 Å². The fraction of sp³-hybridized carbons (Fsp3) is 1.00. The van der Waals surface area contributed by atoms with E-state index in [2.05, 4.69) is 0 Å². The van der Waals surface area contributed by atoms with E-state index in [9.17, 15) is 0 Å². The summed E-state index contributed by atoms with van der Waals surface area (Å²) in [6.45, 7) is 0. The third-order valence-corrected chi connectivity index (χ3v) is 0. The minimum atomic E-state index is 0. The molecule has 30 valence electrons. The molecule has 0 saturated carbocycles. The second-order valence-electron chi connectivity index (χ2n) is 0. The van der Waals surface area contributed by atoms with Gasteiger partial charge in [0.15, 0.2) is 17.4 Å². The maximum atomic E-state index is 0. The topological polar surface area (TPSA) is 0 Å². The molecular weight excluding hydrogens is 250 g/mol. The molecule has 0 saturated heterocycles. The van der Waals surface area contributed by atoms with Crippen molar-refractivity contribution in [2.45, 2.75) is 7.43 Å². The van der Waals surface area contributed by atoms with Gasteiger partial charge in [0.2, 0.25) is 0 Å². The van der Waals surface area contributed by atoms with E-state index in [0.717, 1.165) is 0 Å². The molecule has 0 aliphatic carbocycles. The molecule has 0 N–H and O–H groups in total. The Kier molecular flexibility index (Phi) is 316. The number of rotatable bonds is 0. The summed E-state index contributed by atoms with van der Waals surface area (Å²) < 4.78 is 0. The second-order valence-corrected chi connectivity index (χ2v) is 0. The first-order chi connectivity index (χ1) is 0. The average Bonchev–Trinajstić information content (AvgIpc) is 0. The predicted octanol–water partition coefficient (Wildman–Crippen LogP) is -2.00. The van der Waals surface area contributed by atoms with Gasteiger partial charge in [0, 0.05) is 52.4 Å². The summed E-state index contributed by atoms with van der Waals surface area (Å²) in [6.07, 6.45) is 0. The van der Waals surface area contributed by atoms with E-state index in [-0.39, 0.29) is 88.2 Å². The summed E-state index contributed by atoms with van der Waals surface area (Å²) in [6, 6.07) is 0. The molecule has 0 fully saturated rings. The van der Waals surface area contributed by atoms with Crippen LogP contribution in [-0.2, 0) is 52.4 Å². The Morgan fingerprint density at radius 2 is 0.800 bits per heavy atom. The Bertz CT molecular complexity index is 9.61. The van der Waals surface area contributed by atoms with Crippen molar-refractivity contribution in [2.24, 2.45) is 0 Å². The van der Waals surface area contributed by atoms with Crippen molar-refractivity contribution in [2.75, 3.05) is 0 Å². The molecule has 0 unspecified atom stereocenters. The molecule has 0 atom stereocenters. The molecule has 0 heterocycles. The Morgan fingerprint density at radius 3 is 0.800 bits per heavy atom. The van der Waals surface area contributed by atoms with Crippen LogP contribution in [0.25, 0.3) is 0 Å². The van der Waals surface area contributed by atoms with E-state index in [4.69, 9.17) is 0 Å². The summed E-state index contributed by atoms with van der Waals surface area (Å²) in [4.78, 5) is 0. The number of hydrogen-bond acceptors (Lipinski definition) is 0. The molecule has 0 nitrogen and oxygen atoms in total. The first-order valence-corrected chi connectivity index (χ1v) is 0. The third kappa shape index (κ3) is 21.0. The van der Waals surface area contributed by atoms with Gasteiger partial charge in [-0.1, -0.05) is 7.43 Å². The van der Waals surface area contributed by atoms with Crippen LogP contribution in [0.15, 0.2) is 0 Å². The van der Waals surface area contributed by atoms with Crippen molar-refractivity contribution in [1.29, 1.82) is 0 Å². The van der Waals surface area contributed by atoms with Crippen LogP contribution in [0.4, 0.5) is 0 Å². The minimum absolute atomic E-state index is 0. The van der Waals surface area contributed by atoms with Gasteiger partial charge in [0.1, 0.15) is 0 Å². The van der Waals surface area contributed by atoms with Crippen molar-refractivity contribution in [1.82, 2.24) is 0 Å². The van der Waals surface area contributed by atoms with Crippen LogP contribution in [0.3, 0.4) is 0 Å². The molecular formula is CH11AlSiZr2. The predicted molar refractivity (Wildman–Crippen MR) is 28.0 cm³/mol. The van der Waals surface area contributed by atoms with Crippen LogP contribution in [0.2, 0.25) is 0 Å². The van der Waals surface area contributed by atoms with Crippen LogP contribution in [0.5, 0.6) is 0 Å². The van der Waals surface area contributed by atoms with E-state index >= 15 is 0 Å². The fourth-order valence-electron chi connectivity index (χ4n) is 0. The average molecular weight is 261 g/mol. The fourth-order valence-corrected chi connectivity index (χ4v) is 0. The van der Waals surface area contributed by atoms with Crippen LogP contribution < -0.4 is 0 Å². The van der Waals surface area contributed by atoms with Gasteiger partial charge in [0.25, 0.3) is 0 Å². The zero-order chi connectivity index (χ0) is 0. The second kappa shape index (κ2) is 31.3. The molecule has 0 aliphatic rings. The molecule has 4 heteroatoms. The molecule has 0 rings (SSSR count). The summed E-state index contributed by atoms with van der Waals surface area (Å²) >= 11 is 0. The Balaban J connectivity index is 0. The van der Waals surface area contributed by atoms with Gasteiger partial charge >= 0.3 is 0 Å². The van der Waals surface area contributed by atoms with Gasteiger partial charge in [-0.15, -0.1) is 0 Å². The molecule has 0 spiro atoms. The van der Waals surface area contributed by atoms with Crippen molar-refractivity contribution < 1.29 is 52.4 Å². The summed E-state index contributed by atoms with van der Waals surface area (Å²) in [5.74, 6) is 0. The Hall–Kier alpha value is 2.52. The zero-order valence-corrected chi connectivity index (χ0v) is 5.92. The molecule has 0 aliphatic heterocycles. The SMILES string of the molecule is C.[AlH3].[SiH4].[Zr].[Zr]. The molecule has 0 radical (unpaired) electrons. The van der Waals surface area contributed by atoms with Gasteiger partial charge in [-0.25, -0.2) is 0 Å². The molecule has 0 aromatic carbocycles. The third-order valence-electron chi connectivity index (χ3n) is 0. The minimum Gasteiger partial charge on any atom is -0.0776 e. The molecule has 0 aromatic heterocycles. The number of hydrogen-bond donors (Lipinski definition) is 0. The molecule has 0 bridgehead atoms. The van der Waals surface area contributed by atoms with Crippen LogP contribution >= 0.6 is 0 Å². The quantitative estimate of drug-likeness (QED) is 0.442. The smallest absolute Gasteiger partial charge is 0.0776 e. The van der Waals surface area contributed by atoms with Crippen LogP contribution in [0, 0.1) is 0 Å². The van der Waals surface area contributed by atoms with Gasteiger partial charge in [-0.05, 0) is 11.0 Å². The van der Waals surface area contributed by atoms with Crippen LogP contribution in [-0.4, -0.2) is 28.3 Å². The molecule has 5 heavy (non-hydrogen) atoms. The zero-order valence-electron chi connectivity index (χ0n) is 1.00. The van der Waals surface area contributed by atoms with Crippen molar-refractivity contribution in [3.63, 3.8) is 0 Å². The van der Waals surface area contributed by atoms with E-state index in [1.807, 2.05) is 0 Å². The Morgan fingerprint density at radius 1 is 0.800 bits per heavy atom. The summed E-state index contributed by atoms with van der Waals surface area (Å²) in [5.41, 5.74) is 0. The largest absolute Gasteiger partial charge is 0.187 e. The van der Waals surface area contributed by atoms with E-state index in [1.165, 1.54) is 0 Å². The van der Waals surface area contributed by atoms with Gasteiger partial charge < -0.3 is 0 Å².